The predicted molar refractivity (Wildman–Crippen MR) is 74.1 cm³/mol. The summed E-state index contributed by atoms with van der Waals surface area (Å²) in [5.74, 6) is 0.249. The van der Waals surface area contributed by atoms with Crippen molar-refractivity contribution in [1.82, 2.24) is 4.72 Å². The molecule has 4 heteroatoms. The van der Waals surface area contributed by atoms with Crippen LogP contribution in [-0.4, -0.2) is 14.7 Å². The molecule has 3 nitrogen and oxygen atoms in total. The molecule has 0 heterocycles. The van der Waals surface area contributed by atoms with Gasteiger partial charge in [-0.2, -0.15) is 0 Å². The van der Waals surface area contributed by atoms with E-state index < -0.39 is 10.0 Å². The van der Waals surface area contributed by atoms with Gasteiger partial charge >= 0.3 is 0 Å². The van der Waals surface area contributed by atoms with Gasteiger partial charge in [0.15, 0.2) is 0 Å². The Labute approximate surface area is 109 Å². The molecule has 0 saturated heterocycles. The Kier molecular flexibility index (Phi) is 3.34. The Balaban J connectivity index is 2.43. The van der Waals surface area contributed by atoms with Crippen LogP contribution in [0, 0.1) is 6.92 Å². The van der Waals surface area contributed by atoms with Crippen molar-refractivity contribution < 1.29 is 8.42 Å². The summed E-state index contributed by atoms with van der Waals surface area (Å²) >= 11 is 0. The van der Waals surface area contributed by atoms with Gasteiger partial charge in [-0.1, -0.05) is 35.9 Å². The third kappa shape index (κ3) is 2.65. The van der Waals surface area contributed by atoms with E-state index in [1.165, 1.54) is 17.4 Å². The normalized spacial score (nSPS) is 22.8. The number of aryl methyl sites for hydroxylation is 1. The van der Waals surface area contributed by atoms with Crippen molar-refractivity contribution in [2.24, 2.45) is 0 Å². The van der Waals surface area contributed by atoms with Gasteiger partial charge in [0.25, 0.3) is 0 Å². The third-order valence-corrected chi connectivity index (χ3v) is 4.13. The summed E-state index contributed by atoms with van der Waals surface area (Å²) in [5.41, 5.74) is 4.57. The highest BCUT2D eigenvalue weighted by Gasteiger charge is 2.32. The maximum Gasteiger partial charge on any atom is 0.209 e. The SMILES string of the molecule is C=C(C)[C@H]1C[C@@H](NS(C)(=O)=O)c2ccc(C)cc21. The Morgan fingerprint density at radius 1 is 1.39 bits per heavy atom. The lowest BCUT2D eigenvalue weighted by Gasteiger charge is -2.12. The summed E-state index contributed by atoms with van der Waals surface area (Å²) in [5, 5.41) is 0. The minimum absolute atomic E-state index is 0.128. The van der Waals surface area contributed by atoms with E-state index in [1.807, 2.05) is 26.0 Å². The summed E-state index contributed by atoms with van der Waals surface area (Å²) in [4.78, 5) is 0. The van der Waals surface area contributed by atoms with E-state index in [2.05, 4.69) is 17.4 Å². The predicted octanol–water partition coefficient (Wildman–Crippen LogP) is 2.65. The minimum atomic E-state index is -3.19. The van der Waals surface area contributed by atoms with Gasteiger partial charge in [-0.3, -0.25) is 0 Å². The first-order valence-corrected chi connectivity index (χ1v) is 7.90. The van der Waals surface area contributed by atoms with Crippen LogP contribution in [0.15, 0.2) is 30.4 Å². The summed E-state index contributed by atoms with van der Waals surface area (Å²) in [6.07, 6.45) is 1.97. The van der Waals surface area contributed by atoms with Crippen LogP contribution in [0.5, 0.6) is 0 Å². The van der Waals surface area contributed by atoms with E-state index in [-0.39, 0.29) is 12.0 Å². The van der Waals surface area contributed by atoms with Crippen molar-refractivity contribution in [3.8, 4) is 0 Å². The molecule has 0 spiro atoms. The molecule has 1 aliphatic carbocycles. The molecule has 0 bridgehead atoms. The Morgan fingerprint density at radius 2 is 2.06 bits per heavy atom. The average Bonchev–Trinajstić information content (AvgIpc) is 2.54. The first-order valence-electron chi connectivity index (χ1n) is 6.01. The summed E-state index contributed by atoms with van der Waals surface area (Å²) < 4.78 is 25.5. The molecule has 0 amide bonds. The van der Waals surface area contributed by atoms with E-state index in [1.54, 1.807) is 0 Å². The second-order valence-corrected chi connectivity index (χ2v) is 6.99. The fourth-order valence-electron chi connectivity index (χ4n) is 2.64. The van der Waals surface area contributed by atoms with Gasteiger partial charge in [0.05, 0.1) is 6.26 Å². The Bertz CT molecular complexity index is 590. The zero-order valence-corrected chi connectivity index (χ0v) is 11.8. The van der Waals surface area contributed by atoms with Crippen molar-refractivity contribution in [2.75, 3.05) is 6.26 Å². The van der Waals surface area contributed by atoms with Gasteiger partial charge in [0.2, 0.25) is 10.0 Å². The molecule has 0 saturated carbocycles. The molecule has 1 aromatic carbocycles. The first-order chi connectivity index (χ1) is 8.28. The second kappa shape index (κ2) is 4.52. The Hall–Kier alpha value is -1.13. The first kappa shape index (κ1) is 13.3. The van der Waals surface area contributed by atoms with Crippen molar-refractivity contribution in [1.29, 1.82) is 0 Å². The number of sulfonamides is 1. The van der Waals surface area contributed by atoms with Gasteiger partial charge in [-0.25, -0.2) is 13.1 Å². The van der Waals surface area contributed by atoms with Crippen LogP contribution in [0.4, 0.5) is 0 Å². The lowest BCUT2D eigenvalue weighted by molar-refractivity contribution is 0.550. The number of rotatable bonds is 3. The van der Waals surface area contributed by atoms with Crippen LogP contribution < -0.4 is 4.72 Å². The second-order valence-electron chi connectivity index (χ2n) is 5.21. The monoisotopic (exact) mass is 265 g/mol. The van der Waals surface area contributed by atoms with Crippen LogP contribution in [0.25, 0.3) is 0 Å². The fourth-order valence-corrected chi connectivity index (χ4v) is 3.38. The maximum atomic E-state index is 11.4. The molecule has 0 radical (unpaired) electrons. The number of benzene rings is 1. The zero-order valence-electron chi connectivity index (χ0n) is 11.0. The van der Waals surface area contributed by atoms with Crippen LogP contribution in [-0.2, 0) is 10.0 Å². The molecule has 2 rings (SSSR count). The summed E-state index contributed by atoms with van der Waals surface area (Å²) in [7, 11) is -3.19. The highest BCUT2D eigenvalue weighted by molar-refractivity contribution is 7.88. The van der Waals surface area contributed by atoms with Crippen LogP contribution in [0.3, 0.4) is 0 Å². The smallest absolute Gasteiger partial charge is 0.209 e. The highest BCUT2D eigenvalue weighted by atomic mass is 32.2. The average molecular weight is 265 g/mol. The third-order valence-electron chi connectivity index (χ3n) is 3.42. The van der Waals surface area contributed by atoms with Gasteiger partial charge in [0, 0.05) is 12.0 Å². The van der Waals surface area contributed by atoms with Gasteiger partial charge in [-0.15, -0.1) is 0 Å². The van der Waals surface area contributed by atoms with Crippen LogP contribution in [0.2, 0.25) is 0 Å². The highest BCUT2D eigenvalue weighted by Crippen LogP contribution is 2.44. The molecule has 0 aromatic heterocycles. The fraction of sp³-hybridized carbons (Fsp3) is 0.429. The number of nitrogens with one attached hydrogen (secondary N) is 1. The summed E-state index contributed by atoms with van der Waals surface area (Å²) in [6, 6.07) is 6.06. The van der Waals surface area contributed by atoms with Crippen molar-refractivity contribution in [3.63, 3.8) is 0 Å². The van der Waals surface area contributed by atoms with E-state index in [0.717, 1.165) is 17.6 Å². The Morgan fingerprint density at radius 3 is 2.61 bits per heavy atom. The van der Waals surface area contributed by atoms with Gasteiger partial charge in [-0.05, 0) is 31.4 Å². The quantitative estimate of drug-likeness (QED) is 0.854. The lowest BCUT2D eigenvalue weighted by Crippen LogP contribution is -2.26. The molecule has 2 atom stereocenters. The van der Waals surface area contributed by atoms with E-state index >= 15 is 0 Å². The topological polar surface area (TPSA) is 46.2 Å². The van der Waals surface area contributed by atoms with E-state index in [4.69, 9.17) is 0 Å². The maximum absolute atomic E-state index is 11.4. The largest absolute Gasteiger partial charge is 0.213 e. The van der Waals surface area contributed by atoms with Crippen molar-refractivity contribution >= 4 is 10.0 Å². The summed E-state index contributed by atoms with van der Waals surface area (Å²) in [6.45, 7) is 8.07. The number of hydrogen-bond acceptors (Lipinski definition) is 2. The number of hydrogen-bond donors (Lipinski definition) is 1. The molecule has 98 valence electrons. The van der Waals surface area contributed by atoms with Gasteiger partial charge in [0.1, 0.15) is 0 Å². The van der Waals surface area contributed by atoms with E-state index in [0.29, 0.717) is 0 Å². The molecule has 1 aliphatic rings. The zero-order chi connectivity index (χ0) is 13.5. The molecule has 0 unspecified atom stereocenters. The standard InChI is InChI=1S/C14H19NO2S/c1-9(2)12-8-14(15-18(4,16)17)11-6-5-10(3)7-13(11)12/h5-7,12,14-15H,1,8H2,2-4H3/t12-,14-/m1/s1. The number of allylic oxidation sites excluding steroid dienone is 1. The minimum Gasteiger partial charge on any atom is -0.213 e. The molecular formula is C14H19NO2S. The number of fused-ring (bicyclic) bond motifs is 1. The van der Waals surface area contributed by atoms with Crippen molar-refractivity contribution in [3.05, 3.63) is 47.0 Å². The van der Waals surface area contributed by atoms with Crippen LogP contribution in [0.1, 0.15) is 42.0 Å². The molecule has 1 N–H and O–H groups in total. The molecular weight excluding hydrogens is 246 g/mol. The molecule has 0 aliphatic heterocycles. The molecule has 0 fully saturated rings. The van der Waals surface area contributed by atoms with Gasteiger partial charge < -0.3 is 0 Å². The lowest BCUT2D eigenvalue weighted by atomic mass is 9.94. The van der Waals surface area contributed by atoms with Crippen LogP contribution >= 0.6 is 0 Å². The molecule has 18 heavy (non-hydrogen) atoms. The van der Waals surface area contributed by atoms with E-state index in [9.17, 15) is 8.42 Å². The van der Waals surface area contributed by atoms with Crippen molar-refractivity contribution in [2.45, 2.75) is 32.2 Å². The molecule has 1 aromatic rings.